The normalized spacial score (nSPS) is 10.2. The summed E-state index contributed by atoms with van der Waals surface area (Å²) in [7, 11) is 0. The lowest BCUT2D eigenvalue weighted by atomic mass is 10.3. The third-order valence-corrected chi connectivity index (χ3v) is 1.86. The van der Waals surface area contributed by atoms with E-state index in [2.05, 4.69) is 4.98 Å². The summed E-state index contributed by atoms with van der Waals surface area (Å²) in [6.45, 7) is -0.204. The van der Waals surface area contributed by atoms with Gasteiger partial charge in [-0.05, 0) is 12.1 Å². The highest BCUT2D eigenvalue weighted by Crippen LogP contribution is 2.10. The van der Waals surface area contributed by atoms with Crippen molar-refractivity contribution in [2.45, 2.75) is 6.61 Å². The molecule has 0 aliphatic carbocycles. The molecule has 1 N–H and O–H groups in total. The first-order valence-corrected chi connectivity index (χ1v) is 3.83. The second kappa shape index (κ2) is 2.88. The van der Waals surface area contributed by atoms with Crippen LogP contribution in [0, 0.1) is 11.3 Å². The summed E-state index contributed by atoms with van der Waals surface area (Å²) < 4.78 is 1.66. The number of hydrogen-bond acceptors (Lipinski definition) is 3. The first-order chi connectivity index (χ1) is 6.36. The van der Waals surface area contributed by atoms with Crippen molar-refractivity contribution in [1.29, 1.82) is 5.26 Å². The minimum Gasteiger partial charge on any atom is -0.390 e. The van der Waals surface area contributed by atoms with E-state index in [1.807, 2.05) is 18.2 Å². The van der Waals surface area contributed by atoms with Gasteiger partial charge in [0, 0.05) is 6.20 Å². The number of aliphatic hydroxyl groups excluding tert-OH is 1. The molecule has 0 fully saturated rings. The van der Waals surface area contributed by atoms with Crippen LogP contribution in [0.3, 0.4) is 0 Å². The van der Waals surface area contributed by atoms with Crippen molar-refractivity contribution in [3.05, 3.63) is 35.8 Å². The van der Waals surface area contributed by atoms with Gasteiger partial charge in [-0.2, -0.15) is 5.26 Å². The number of nitriles is 1. The molecule has 0 aliphatic rings. The highest BCUT2D eigenvalue weighted by atomic mass is 16.3. The first kappa shape index (κ1) is 7.77. The Morgan fingerprint density at radius 1 is 1.54 bits per heavy atom. The number of fused-ring (bicyclic) bond motifs is 1. The number of aromatic nitrogens is 2. The van der Waals surface area contributed by atoms with Crippen LogP contribution in [-0.2, 0) is 6.61 Å². The highest BCUT2D eigenvalue weighted by molar-refractivity contribution is 5.46. The molecule has 4 nitrogen and oxygen atoms in total. The predicted octanol–water partition coefficient (Wildman–Crippen LogP) is 0.698. The molecular formula is C9H7N3O. The average Bonchev–Trinajstić information content (AvgIpc) is 2.55. The molecule has 0 unspecified atom stereocenters. The van der Waals surface area contributed by atoms with Gasteiger partial charge < -0.3 is 5.11 Å². The third-order valence-electron chi connectivity index (χ3n) is 1.86. The van der Waals surface area contributed by atoms with Gasteiger partial charge >= 0.3 is 0 Å². The van der Waals surface area contributed by atoms with E-state index in [0.29, 0.717) is 17.0 Å². The lowest BCUT2D eigenvalue weighted by molar-refractivity contribution is 0.277. The minimum atomic E-state index is -0.204. The zero-order valence-corrected chi connectivity index (χ0v) is 6.81. The van der Waals surface area contributed by atoms with Crippen LogP contribution >= 0.6 is 0 Å². The summed E-state index contributed by atoms with van der Waals surface area (Å²) in [5.74, 6) is 0. The van der Waals surface area contributed by atoms with E-state index in [1.54, 1.807) is 16.7 Å². The minimum absolute atomic E-state index is 0.204. The van der Waals surface area contributed by atoms with Gasteiger partial charge in [-0.15, -0.1) is 0 Å². The van der Waals surface area contributed by atoms with E-state index in [-0.39, 0.29) is 6.61 Å². The van der Waals surface area contributed by atoms with Crippen LogP contribution in [0.1, 0.15) is 11.4 Å². The average molecular weight is 173 g/mol. The summed E-state index contributed by atoms with van der Waals surface area (Å²) >= 11 is 0. The molecule has 2 aromatic heterocycles. The lowest BCUT2D eigenvalue weighted by Gasteiger charge is -1.91. The van der Waals surface area contributed by atoms with Crippen LogP contribution in [0.5, 0.6) is 0 Å². The van der Waals surface area contributed by atoms with E-state index in [9.17, 15) is 0 Å². The van der Waals surface area contributed by atoms with Crippen LogP contribution < -0.4 is 0 Å². The molecular weight excluding hydrogens is 166 g/mol. The van der Waals surface area contributed by atoms with Gasteiger partial charge in [0.25, 0.3) is 0 Å². The maximum atomic E-state index is 8.92. The van der Waals surface area contributed by atoms with Gasteiger partial charge in [-0.3, -0.25) is 4.40 Å². The van der Waals surface area contributed by atoms with Crippen molar-refractivity contribution in [3.63, 3.8) is 0 Å². The fourth-order valence-electron chi connectivity index (χ4n) is 1.27. The molecule has 0 amide bonds. The molecule has 13 heavy (non-hydrogen) atoms. The third kappa shape index (κ3) is 1.06. The van der Waals surface area contributed by atoms with Gasteiger partial charge in [0.15, 0.2) is 0 Å². The Balaban J connectivity index is 2.83. The summed E-state index contributed by atoms with van der Waals surface area (Å²) in [6, 6.07) is 7.46. The maximum Gasteiger partial charge on any atom is 0.150 e. The van der Waals surface area contributed by atoms with E-state index in [0.717, 1.165) is 0 Å². The zero-order valence-electron chi connectivity index (χ0n) is 6.81. The van der Waals surface area contributed by atoms with Gasteiger partial charge in [-0.25, -0.2) is 4.98 Å². The number of nitrogens with zero attached hydrogens (tertiary/aromatic N) is 3. The molecule has 2 heterocycles. The Morgan fingerprint density at radius 2 is 2.38 bits per heavy atom. The van der Waals surface area contributed by atoms with Crippen LogP contribution in [0.4, 0.5) is 0 Å². The maximum absolute atomic E-state index is 8.92. The van der Waals surface area contributed by atoms with Crippen LogP contribution in [-0.4, -0.2) is 14.5 Å². The molecule has 2 rings (SSSR count). The topological polar surface area (TPSA) is 61.3 Å². The Labute approximate surface area is 74.7 Å². The molecule has 0 saturated carbocycles. The highest BCUT2D eigenvalue weighted by Gasteiger charge is 2.08. The van der Waals surface area contributed by atoms with Gasteiger partial charge in [0.2, 0.25) is 0 Å². The van der Waals surface area contributed by atoms with Crippen molar-refractivity contribution in [2.24, 2.45) is 0 Å². The van der Waals surface area contributed by atoms with Crippen molar-refractivity contribution in [2.75, 3.05) is 0 Å². The number of aliphatic hydroxyl groups is 1. The van der Waals surface area contributed by atoms with E-state index >= 15 is 0 Å². The lowest BCUT2D eigenvalue weighted by Crippen LogP contribution is -1.90. The Kier molecular flexibility index (Phi) is 1.72. The number of imidazole rings is 1. The van der Waals surface area contributed by atoms with Crippen molar-refractivity contribution in [3.8, 4) is 6.07 Å². The number of hydrogen-bond donors (Lipinski definition) is 1. The zero-order chi connectivity index (χ0) is 9.26. The predicted molar refractivity (Wildman–Crippen MR) is 45.8 cm³/mol. The van der Waals surface area contributed by atoms with Gasteiger partial charge in [0.1, 0.15) is 23.1 Å². The second-order valence-corrected chi connectivity index (χ2v) is 2.61. The monoisotopic (exact) mass is 173 g/mol. The SMILES string of the molecule is N#Cc1c(CO)nc2ccccn12. The van der Waals surface area contributed by atoms with E-state index in [4.69, 9.17) is 10.4 Å². The molecule has 0 bridgehead atoms. The molecule has 0 radical (unpaired) electrons. The fraction of sp³-hybridized carbons (Fsp3) is 0.111. The number of pyridine rings is 1. The molecule has 0 aromatic carbocycles. The smallest absolute Gasteiger partial charge is 0.150 e. The Bertz CT molecular complexity index is 481. The first-order valence-electron chi connectivity index (χ1n) is 3.83. The van der Waals surface area contributed by atoms with Crippen molar-refractivity contribution < 1.29 is 5.11 Å². The van der Waals surface area contributed by atoms with Crippen LogP contribution in [0.15, 0.2) is 24.4 Å². The van der Waals surface area contributed by atoms with Gasteiger partial charge in [0.05, 0.1) is 6.61 Å². The Hall–Kier alpha value is -1.86. The molecule has 64 valence electrons. The van der Waals surface area contributed by atoms with Crippen molar-refractivity contribution >= 4 is 5.65 Å². The van der Waals surface area contributed by atoms with Gasteiger partial charge in [-0.1, -0.05) is 6.07 Å². The molecule has 2 aromatic rings. The Morgan fingerprint density at radius 3 is 3.08 bits per heavy atom. The quantitative estimate of drug-likeness (QED) is 0.690. The molecule has 0 spiro atoms. The standard InChI is InChI=1S/C9H7N3O/c10-5-8-7(6-13)11-9-3-1-2-4-12(8)9/h1-4,13H,6H2. The van der Waals surface area contributed by atoms with Crippen molar-refractivity contribution in [1.82, 2.24) is 9.38 Å². The van der Waals surface area contributed by atoms with Crippen LogP contribution in [0.25, 0.3) is 5.65 Å². The van der Waals surface area contributed by atoms with E-state index < -0.39 is 0 Å². The van der Waals surface area contributed by atoms with Crippen LogP contribution in [0.2, 0.25) is 0 Å². The summed E-state index contributed by atoms with van der Waals surface area (Å²) in [5.41, 5.74) is 1.51. The summed E-state index contributed by atoms with van der Waals surface area (Å²) in [5, 5.41) is 17.7. The second-order valence-electron chi connectivity index (χ2n) is 2.61. The molecule has 0 aliphatic heterocycles. The molecule has 0 atom stereocenters. The molecule has 0 saturated heterocycles. The van der Waals surface area contributed by atoms with E-state index in [1.165, 1.54) is 0 Å². The molecule has 4 heteroatoms. The fourth-order valence-corrected chi connectivity index (χ4v) is 1.27. The largest absolute Gasteiger partial charge is 0.390 e. The number of rotatable bonds is 1. The summed E-state index contributed by atoms with van der Waals surface area (Å²) in [4.78, 5) is 4.09. The summed E-state index contributed by atoms with van der Waals surface area (Å²) in [6.07, 6.45) is 1.75.